The van der Waals surface area contributed by atoms with Crippen molar-refractivity contribution in [2.45, 2.75) is 5.92 Å². The van der Waals surface area contributed by atoms with Crippen molar-refractivity contribution in [3.63, 3.8) is 0 Å². The zero-order valence-corrected chi connectivity index (χ0v) is 9.01. The second-order valence-corrected chi connectivity index (χ2v) is 4.03. The van der Waals surface area contributed by atoms with Gasteiger partial charge in [-0.15, -0.1) is 0 Å². The van der Waals surface area contributed by atoms with Crippen LogP contribution in [0.25, 0.3) is 11.1 Å². The summed E-state index contributed by atoms with van der Waals surface area (Å²) >= 11 is 0. The number of hydrogen-bond donors (Lipinski definition) is 0. The van der Waals surface area contributed by atoms with E-state index in [2.05, 4.69) is 12.1 Å². The van der Waals surface area contributed by atoms with E-state index in [9.17, 15) is 5.26 Å². The average Bonchev–Trinajstić information content (AvgIpc) is 2.72. The number of nitriles is 2. The van der Waals surface area contributed by atoms with Gasteiger partial charge in [0.1, 0.15) is 0 Å². The van der Waals surface area contributed by atoms with E-state index in [0.717, 1.165) is 22.3 Å². The molecule has 0 spiro atoms. The van der Waals surface area contributed by atoms with Crippen molar-refractivity contribution in [2.24, 2.45) is 0 Å². The fraction of sp³-hybridized carbons (Fsp3) is 0.0667. The van der Waals surface area contributed by atoms with E-state index in [1.165, 1.54) is 0 Å². The van der Waals surface area contributed by atoms with Crippen molar-refractivity contribution in [1.29, 1.82) is 10.5 Å². The molecule has 0 fully saturated rings. The third-order valence-electron chi connectivity index (χ3n) is 3.21. The van der Waals surface area contributed by atoms with E-state index >= 15 is 0 Å². The van der Waals surface area contributed by atoms with Crippen molar-refractivity contribution >= 4 is 0 Å². The fourth-order valence-corrected chi connectivity index (χ4v) is 2.49. The average molecular weight is 216 g/mol. The number of benzene rings is 2. The molecule has 0 heterocycles. The minimum atomic E-state index is -0.308. The third kappa shape index (κ3) is 1.19. The van der Waals surface area contributed by atoms with Gasteiger partial charge in [0.15, 0.2) is 0 Å². The zero-order valence-electron chi connectivity index (χ0n) is 9.01. The lowest BCUT2D eigenvalue weighted by Crippen LogP contribution is -1.95. The first-order valence-electron chi connectivity index (χ1n) is 5.38. The van der Waals surface area contributed by atoms with Gasteiger partial charge >= 0.3 is 0 Å². The maximum atomic E-state index is 9.32. The Morgan fingerprint density at radius 2 is 1.65 bits per heavy atom. The van der Waals surface area contributed by atoms with Gasteiger partial charge in [0.25, 0.3) is 0 Å². The maximum absolute atomic E-state index is 9.32. The predicted octanol–water partition coefficient (Wildman–Crippen LogP) is 3.19. The monoisotopic (exact) mass is 216 g/mol. The van der Waals surface area contributed by atoms with Gasteiger partial charge in [0, 0.05) is 0 Å². The van der Waals surface area contributed by atoms with Crippen LogP contribution in [0.3, 0.4) is 0 Å². The lowest BCUT2D eigenvalue weighted by molar-refractivity contribution is 1.07. The standard InChI is InChI=1S/C15H8N2/c16-8-10-4-3-7-13-11-5-1-2-6-12(11)14(9-17)15(10)13/h1-7,14H. The van der Waals surface area contributed by atoms with Crippen molar-refractivity contribution in [1.82, 2.24) is 0 Å². The first-order chi connectivity index (χ1) is 8.36. The topological polar surface area (TPSA) is 47.6 Å². The first kappa shape index (κ1) is 9.63. The Balaban J connectivity index is 2.41. The molecule has 2 nitrogen and oxygen atoms in total. The number of fused-ring (bicyclic) bond motifs is 3. The molecule has 1 unspecified atom stereocenters. The molecule has 2 aromatic carbocycles. The van der Waals surface area contributed by atoms with Crippen molar-refractivity contribution in [3.05, 3.63) is 59.2 Å². The van der Waals surface area contributed by atoms with E-state index in [4.69, 9.17) is 5.26 Å². The SMILES string of the molecule is N#Cc1cccc2c1C(C#N)c1ccccc1-2. The van der Waals surface area contributed by atoms with Gasteiger partial charge in [-0.1, -0.05) is 36.4 Å². The van der Waals surface area contributed by atoms with Crippen LogP contribution in [0.2, 0.25) is 0 Å². The highest BCUT2D eigenvalue weighted by molar-refractivity contribution is 5.82. The number of nitrogens with zero attached hydrogens (tertiary/aromatic N) is 2. The lowest BCUT2D eigenvalue weighted by atomic mass is 9.95. The smallest absolute Gasteiger partial charge is 0.0995 e. The van der Waals surface area contributed by atoms with Gasteiger partial charge in [-0.25, -0.2) is 0 Å². The molecule has 0 N–H and O–H groups in total. The largest absolute Gasteiger partial charge is 0.197 e. The van der Waals surface area contributed by atoms with Crippen LogP contribution >= 0.6 is 0 Å². The molecule has 17 heavy (non-hydrogen) atoms. The fourth-order valence-electron chi connectivity index (χ4n) is 2.49. The van der Waals surface area contributed by atoms with Crippen molar-refractivity contribution in [3.8, 4) is 23.3 Å². The van der Waals surface area contributed by atoms with Crippen LogP contribution in [0.4, 0.5) is 0 Å². The lowest BCUT2D eigenvalue weighted by Gasteiger charge is -2.04. The second-order valence-electron chi connectivity index (χ2n) is 4.03. The van der Waals surface area contributed by atoms with Gasteiger partial charge in [-0.3, -0.25) is 0 Å². The first-order valence-corrected chi connectivity index (χ1v) is 5.38. The van der Waals surface area contributed by atoms with Gasteiger partial charge in [-0.2, -0.15) is 10.5 Å². The summed E-state index contributed by atoms with van der Waals surface area (Å²) < 4.78 is 0. The van der Waals surface area contributed by atoms with Crippen LogP contribution in [-0.2, 0) is 0 Å². The molecule has 3 rings (SSSR count). The summed E-state index contributed by atoms with van der Waals surface area (Å²) in [5.74, 6) is -0.308. The van der Waals surface area contributed by atoms with Crippen LogP contribution in [-0.4, -0.2) is 0 Å². The summed E-state index contributed by atoms with van der Waals surface area (Å²) in [6, 6.07) is 18.0. The normalized spacial score (nSPS) is 15.5. The molecule has 0 amide bonds. The van der Waals surface area contributed by atoms with Gasteiger partial charge < -0.3 is 0 Å². The quantitative estimate of drug-likeness (QED) is 0.678. The van der Waals surface area contributed by atoms with Gasteiger partial charge in [-0.05, 0) is 28.3 Å². The molecule has 0 saturated carbocycles. The molecule has 2 heteroatoms. The summed E-state index contributed by atoms with van der Waals surface area (Å²) in [7, 11) is 0. The van der Waals surface area contributed by atoms with E-state index in [0.29, 0.717) is 5.56 Å². The summed E-state index contributed by atoms with van der Waals surface area (Å²) in [5.41, 5.74) is 4.56. The number of hydrogen-bond acceptors (Lipinski definition) is 2. The minimum absolute atomic E-state index is 0.308. The van der Waals surface area contributed by atoms with E-state index < -0.39 is 0 Å². The Hall–Kier alpha value is -2.58. The summed E-state index contributed by atoms with van der Waals surface area (Å²) in [4.78, 5) is 0. The highest BCUT2D eigenvalue weighted by Crippen LogP contribution is 2.45. The van der Waals surface area contributed by atoms with Crippen molar-refractivity contribution in [2.75, 3.05) is 0 Å². The van der Waals surface area contributed by atoms with Crippen LogP contribution in [0.15, 0.2) is 42.5 Å². The van der Waals surface area contributed by atoms with Gasteiger partial charge in [0.2, 0.25) is 0 Å². The summed E-state index contributed by atoms with van der Waals surface area (Å²) in [5, 5.41) is 18.5. The molecule has 1 aliphatic rings. The highest BCUT2D eigenvalue weighted by Gasteiger charge is 2.30. The molecule has 0 aromatic heterocycles. The van der Waals surface area contributed by atoms with Gasteiger partial charge in [0.05, 0.1) is 23.6 Å². The van der Waals surface area contributed by atoms with Crippen LogP contribution in [0.5, 0.6) is 0 Å². The zero-order chi connectivity index (χ0) is 11.8. The highest BCUT2D eigenvalue weighted by atomic mass is 14.4. The van der Waals surface area contributed by atoms with E-state index in [-0.39, 0.29) is 5.92 Å². The molecule has 0 bridgehead atoms. The second kappa shape index (κ2) is 3.47. The molecule has 0 radical (unpaired) electrons. The Kier molecular flexibility index (Phi) is 1.97. The van der Waals surface area contributed by atoms with E-state index in [1.54, 1.807) is 6.07 Å². The van der Waals surface area contributed by atoms with Crippen molar-refractivity contribution < 1.29 is 0 Å². The molecule has 1 aliphatic carbocycles. The molecule has 2 aromatic rings. The van der Waals surface area contributed by atoms with Crippen LogP contribution < -0.4 is 0 Å². The summed E-state index contributed by atoms with van der Waals surface area (Å²) in [6.07, 6.45) is 0. The minimum Gasteiger partial charge on any atom is -0.197 e. The maximum Gasteiger partial charge on any atom is 0.0995 e. The molecule has 0 saturated heterocycles. The predicted molar refractivity (Wildman–Crippen MR) is 64.0 cm³/mol. The Morgan fingerprint density at radius 1 is 0.882 bits per heavy atom. The van der Waals surface area contributed by atoms with Crippen LogP contribution in [0, 0.1) is 22.7 Å². The Bertz CT molecular complexity index is 687. The Labute approximate surface area is 99.4 Å². The molecular weight excluding hydrogens is 208 g/mol. The van der Waals surface area contributed by atoms with E-state index in [1.807, 2.05) is 36.4 Å². The number of rotatable bonds is 0. The molecule has 78 valence electrons. The molecular formula is C15H8N2. The molecule has 0 aliphatic heterocycles. The molecule has 1 atom stereocenters. The third-order valence-corrected chi connectivity index (χ3v) is 3.21. The summed E-state index contributed by atoms with van der Waals surface area (Å²) in [6.45, 7) is 0. The Morgan fingerprint density at radius 3 is 2.41 bits per heavy atom. The van der Waals surface area contributed by atoms with Crippen LogP contribution in [0.1, 0.15) is 22.6 Å².